The molecule has 4 aromatic carbocycles. The number of rotatable bonds is 10. The van der Waals surface area contributed by atoms with Crippen LogP contribution in [0.15, 0.2) is 82.7 Å². The molecule has 0 fully saturated rings. The van der Waals surface area contributed by atoms with Gasteiger partial charge in [-0.05, 0) is 35.4 Å². The normalized spacial score (nSPS) is 15.4. The first-order chi connectivity index (χ1) is 19.8. The van der Waals surface area contributed by atoms with Gasteiger partial charge >= 0.3 is 11.4 Å². The minimum Gasteiger partial charge on any atom is -0.334 e. The minimum atomic E-state index is -4.08. The summed E-state index contributed by atoms with van der Waals surface area (Å²) in [6.45, 7) is 1.14. The van der Waals surface area contributed by atoms with Gasteiger partial charge in [0.05, 0.1) is 34.5 Å². The number of thiazole rings is 1. The zero-order valence-electron chi connectivity index (χ0n) is 21.8. The lowest BCUT2D eigenvalue weighted by atomic mass is 10.1. The molecule has 12 heteroatoms. The van der Waals surface area contributed by atoms with E-state index >= 15 is 0 Å². The van der Waals surface area contributed by atoms with Crippen molar-refractivity contribution in [1.82, 2.24) is 0 Å². The lowest BCUT2D eigenvalue weighted by Gasteiger charge is -2.21. The summed E-state index contributed by atoms with van der Waals surface area (Å²) in [5, 5.41) is 6.38. The van der Waals surface area contributed by atoms with Gasteiger partial charge in [0.25, 0.3) is 15.1 Å². The monoisotopic (exact) mass is 627 g/mol. The summed E-state index contributed by atoms with van der Waals surface area (Å²) in [5.74, 6) is -0.317. The Labute approximate surface area is 248 Å². The maximum Gasteiger partial charge on any atom is 0.301 e. The summed E-state index contributed by atoms with van der Waals surface area (Å²) in [5.41, 5.74) is 2.13. The topological polar surface area (TPSA) is 108 Å². The molecule has 41 heavy (non-hydrogen) atoms. The van der Waals surface area contributed by atoms with Crippen molar-refractivity contribution in [3.63, 3.8) is 0 Å². The van der Waals surface area contributed by atoms with Gasteiger partial charge in [0, 0.05) is 23.2 Å². The average Bonchev–Trinajstić information content (AvgIpc) is 3.48. The van der Waals surface area contributed by atoms with Crippen LogP contribution in [-0.4, -0.2) is 40.6 Å². The van der Waals surface area contributed by atoms with Gasteiger partial charge in [-0.2, -0.15) is 17.2 Å². The molecule has 0 aliphatic carbocycles. The Morgan fingerprint density at radius 1 is 0.951 bits per heavy atom. The Balaban J connectivity index is 1.46. The van der Waals surface area contributed by atoms with E-state index in [-0.39, 0.29) is 18.8 Å². The van der Waals surface area contributed by atoms with E-state index in [4.69, 9.17) is 8.74 Å². The van der Waals surface area contributed by atoms with Crippen LogP contribution in [0, 0.1) is 0 Å². The third-order valence-corrected chi connectivity index (χ3v) is 10.3. The van der Waals surface area contributed by atoms with Crippen molar-refractivity contribution in [2.24, 2.45) is 0 Å². The summed E-state index contributed by atoms with van der Waals surface area (Å²) in [7, 11) is -4.08. The van der Waals surface area contributed by atoms with Gasteiger partial charge < -0.3 is 4.90 Å². The largest absolute Gasteiger partial charge is 0.334 e. The Hall–Kier alpha value is -2.84. The Morgan fingerprint density at radius 3 is 2.41 bits per heavy atom. The van der Waals surface area contributed by atoms with Gasteiger partial charge in [-0.3, -0.25) is 13.3 Å². The van der Waals surface area contributed by atoms with Crippen LogP contribution in [0.3, 0.4) is 0 Å². The Morgan fingerprint density at radius 2 is 1.66 bits per heavy atom. The molecule has 0 saturated heterocycles. The number of hydrogen-bond donors (Lipinski definition) is 2. The van der Waals surface area contributed by atoms with Crippen molar-refractivity contribution >= 4 is 88.1 Å². The van der Waals surface area contributed by atoms with Crippen molar-refractivity contribution in [3.05, 3.63) is 82.8 Å². The molecule has 1 aromatic heterocycles. The van der Waals surface area contributed by atoms with E-state index in [1.54, 1.807) is 23.1 Å². The van der Waals surface area contributed by atoms with E-state index < -0.39 is 21.5 Å². The summed E-state index contributed by atoms with van der Waals surface area (Å²) in [4.78, 5) is 3.35. The first kappa shape index (κ1) is 28.3. The van der Waals surface area contributed by atoms with Crippen LogP contribution in [-0.2, 0) is 32.2 Å². The second-order valence-corrected chi connectivity index (χ2v) is 14.0. The van der Waals surface area contributed by atoms with Gasteiger partial charge in [0.15, 0.2) is 6.54 Å². The van der Waals surface area contributed by atoms with E-state index in [0.717, 1.165) is 52.4 Å². The molecule has 0 amide bonds. The molecule has 0 bridgehead atoms. The molecule has 2 N–H and O–H groups in total. The van der Waals surface area contributed by atoms with Crippen LogP contribution >= 0.6 is 23.1 Å². The summed E-state index contributed by atoms with van der Waals surface area (Å²) in [6.07, 6.45) is 2.95. The number of hydrogen-bond acceptors (Lipinski definition) is 7. The van der Waals surface area contributed by atoms with Crippen molar-refractivity contribution in [3.8, 4) is 0 Å². The van der Waals surface area contributed by atoms with Crippen molar-refractivity contribution < 1.29 is 30.5 Å². The molecule has 0 spiro atoms. The van der Waals surface area contributed by atoms with Crippen molar-refractivity contribution in [1.29, 1.82) is 0 Å². The number of anilines is 1. The smallest absolute Gasteiger partial charge is 0.301 e. The third-order valence-electron chi connectivity index (χ3n) is 6.97. The fraction of sp³-hybridized carbons (Fsp3) is 0.207. The van der Waals surface area contributed by atoms with Crippen molar-refractivity contribution in [2.45, 2.75) is 24.3 Å². The van der Waals surface area contributed by atoms with Crippen LogP contribution in [0.4, 0.5) is 5.69 Å². The molecule has 5 aromatic rings. The Kier molecular flexibility index (Phi) is 8.14. The maximum atomic E-state index is 11.5. The highest BCUT2D eigenvalue weighted by Crippen LogP contribution is 2.50. The predicted octanol–water partition coefficient (Wildman–Crippen LogP) is 6.23. The number of aryl methyl sites for hydroxylation is 1. The van der Waals surface area contributed by atoms with Crippen LogP contribution in [0.25, 0.3) is 37.8 Å². The van der Waals surface area contributed by atoms with Gasteiger partial charge in [0.2, 0.25) is 5.52 Å². The highest BCUT2D eigenvalue weighted by molar-refractivity contribution is 8.04. The lowest BCUT2D eigenvalue weighted by Crippen LogP contribution is -2.36. The maximum absolute atomic E-state index is 11.5. The predicted molar refractivity (Wildman–Crippen MR) is 167 cm³/mol. The summed E-state index contributed by atoms with van der Waals surface area (Å²) < 4.78 is 60.7. The first-order valence-corrected chi connectivity index (χ1v) is 17.3. The first-order valence-electron chi connectivity index (χ1n) is 13.0. The number of thioether (sulfide) groups is 1. The third kappa shape index (κ3) is 6.05. The van der Waals surface area contributed by atoms with E-state index in [1.165, 1.54) is 0 Å². The van der Waals surface area contributed by atoms with E-state index in [0.29, 0.717) is 19.5 Å². The van der Waals surface area contributed by atoms with E-state index in [1.807, 2.05) is 24.3 Å². The molecular weight excluding hydrogens is 601 g/mol. The number of benzene rings is 4. The summed E-state index contributed by atoms with van der Waals surface area (Å²) in [6, 6.07) is 24.8. The summed E-state index contributed by atoms with van der Waals surface area (Å²) >= 11 is 0.989. The van der Waals surface area contributed by atoms with Crippen LogP contribution in [0.5, 0.6) is 0 Å². The van der Waals surface area contributed by atoms with E-state index in [9.17, 15) is 17.2 Å². The molecule has 1 atom stereocenters. The quantitative estimate of drug-likeness (QED) is 0.0813. The zero-order chi connectivity index (χ0) is 28.6. The molecule has 6 rings (SSSR count). The number of nitrogens with zero attached hydrogens (tertiary/aromatic N) is 2. The van der Waals surface area contributed by atoms with Gasteiger partial charge in [-0.25, -0.2) is 0 Å². The molecule has 1 aliphatic heterocycles. The highest BCUT2D eigenvalue weighted by Gasteiger charge is 2.30. The molecule has 0 radical (unpaired) electrons. The SMILES string of the molecule is O=S(O)OCCCN1C(=Cc2sc3ccc4ccccc4c3[n+]2CCCS(=O)(=O)O)Sc2ccc3ccccc3c21. The molecule has 8 nitrogen and oxygen atoms in total. The average molecular weight is 628 g/mol. The minimum absolute atomic E-state index is 0.141. The fourth-order valence-corrected chi connectivity index (χ4v) is 8.38. The van der Waals surface area contributed by atoms with Crippen LogP contribution in [0.1, 0.15) is 17.8 Å². The van der Waals surface area contributed by atoms with E-state index in [2.05, 4.69) is 64.1 Å². The van der Waals surface area contributed by atoms with Gasteiger partial charge in [-0.1, -0.05) is 77.7 Å². The molecule has 2 heterocycles. The number of fused-ring (bicyclic) bond motifs is 6. The van der Waals surface area contributed by atoms with Gasteiger partial charge in [0.1, 0.15) is 4.70 Å². The second kappa shape index (κ2) is 11.8. The zero-order valence-corrected chi connectivity index (χ0v) is 25.1. The standard InChI is InChI=1S/C29H26N2O6S4/c32-40(33)37-17-5-15-30-26(38-24-13-11-20-7-1-3-9-22(20)28(24)30)19-27-31(16-6-18-41(34,35)36)29-23-10-4-2-8-21(23)12-14-25(29)39-27/h1-4,7-14,19H,5-6,15-18H2,(H-,32,33,34,35,36)/p+1. The van der Waals surface area contributed by atoms with Crippen molar-refractivity contribution in [2.75, 3.05) is 23.8 Å². The molecule has 212 valence electrons. The Bertz CT molecular complexity index is 1940. The molecule has 1 aliphatic rings. The highest BCUT2D eigenvalue weighted by atomic mass is 32.2. The van der Waals surface area contributed by atoms with Crippen LogP contribution < -0.4 is 9.47 Å². The molecular formula is C29H27N2O6S4+. The lowest BCUT2D eigenvalue weighted by molar-refractivity contribution is -0.667. The van der Waals surface area contributed by atoms with Gasteiger partial charge in [-0.15, -0.1) is 0 Å². The second-order valence-electron chi connectivity index (χ2n) is 9.63. The fourth-order valence-electron chi connectivity index (χ4n) is 5.27. The number of aromatic nitrogens is 1. The molecule has 1 unspecified atom stereocenters. The van der Waals surface area contributed by atoms with Crippen LogP contribution in [0.2, 0.25) is 0 Å². The molecule has 0 saturated carbocycles.